The zero-order valence-corrected chi connectivity index (χ0v) is 9.61. The third-order valence-corrected chi connectivity index (χ3v) is 2.86. The van der Waals surface area contributed by atoms with Crippen LogP contribution in [0.4, 0.5) is 4.39 Å². The third kappa shape index (κ3) is 1.50. The second kappa shape index (κ2) is 3.38. The van der Waals surface area contributed by atoms with Crippen LogP contribution in [0, 0.1) is 5.82 Å². The molecule has 0 atom stereocenters. The van der Waals surface area contributed by atoms with E-state index in [0.29, 0.717) is 15.3 Å². The van der Waals surface area contributed by atoms with Crippen molar-refractivity contribution in [2.24, 2.45) is 0 Å². The Morgan fingerprint density at radius 1 is 1.46 bits per heavy atom. The van der Waals surface area contributed by atoms with E-state index in [0.717, 1.165) is 11.3 Å². The van der Waals surface area contributed by atoms with Gasteiger partial charge in [-0.25, -0.2) is 9.37 Å². The molecule has 1 aromatic heterocycles. The lowest BCUT2D eigenvalue weighted by Crippen LogP contribution is -1.80. The number of aromatic amines is 1. The molecule has 0 aliphatic carbocycles. The minimum Gasteiger partial charge on any atom is -0.341 e. The van der Waals surface area contributed by atoms with Crippen molar-refractivity contribution in [1.82, 2.24) is 9.97 Å². The van der Waals surface area contributed by atoms with Crippen LogP contribution in [-0.4, -0.2) is 9.97 Å². The molecule has 1 N–H and O–H groups in total. The lowest BCUT2D eigenvalue weighted by molar-refractivity contribution is 0.630. The topological polar surface area (TPSA) is 28.7 Å². The minimum absolute atomic E-state index is 0.319. The molecule has 0 bridgehead atoms. The fourth-order valence-electron chi connectivity index (χ4n) is 1.13. The molecule has 5 heteroatoms. The molecule has 0 saturated carbocycles. The molecule has 0 radical (unpaired) electrons. The average molecular weight is 308 g/mol. The second-order valence-electron chi connectivity index (χ2n) is 2.57. The number of hydrogen-bond acceptors (Lipinski definition) is 1. The van der Waals surface area contributed by atoms with Gasteiger partial charge in [0, 0.05) is 0 Å². The number of nitrogens with one attached hydrogen (secondary N) is 1. The van der Waals surface area contributed by atoms with Gasteiger partial charge in [0.05, 0.1) is 15.3 Å². The summed E-state index contributed by atoms with van der Waals surface area (Å²) in [6, 6.07) is 3.45. The van der Waals surface area contributed by atoms with Gasteiger partial charge < -0.3 is 4.98 Å². The smallest absolute Gasteiger partial charge is 0.165 e. The van der Waals surface area contributed by atoms with Crippen molar-refractivity contribution in [3.8, 4) is 0 Å². The molecule has 0 amide bonds. The molecule has 13 heavy (non-hydrogen) atoms. The van der Waals surface area contributed by atoms with Gasteiger partial charge in [0.15, 0.2) is 5.82 Å². The molecule has 2 rings (SSSR count). The third-order valence-electron chi connectivity index (χ3n) is 1.72. The molecular weight excluding hydrogens is 303 g/mol. The first-order chi connectivity index (χ1) is 6.22. The van der Waals surface area contributed by atoms with Crippen molar-refractivity contribution in [3.05, 3.63) is 28.2 Å². The molecule has 2 nitrogen and oxygen atoms in total. The van der Waals surface area contributed by atoms with E-state index in [1.807, 2.05) is 0 Å². The van der Waals surface area contributed by atoms with Crippen molar-refractivity contribution in [1.29, 1.82) is 0 Å². The Bertz CT molecular complexity index is 453. The monoisotopic (exact) mass is 306 g/mol. The number of H-pyrrole nitrogens is 1. The van der Waals surface area contributed by atoms with E-state index in [1.54, 1.807) is 12.1 Å². The summed E-state index contributed by atoms with van der Waals surface area (Å²) in [5, 5.41) is 0.596. The Morgan fingerprint density at radius 3 is 2.92 bits per heavy atom. The molecule has 68 valence electrons. The molecule has 1 aromatic carbocycles. The fourth-order valence-corrected chi connectivity index (χ4v) is 1.72. The normalized spacial score (nSPS) is 11.0. The highest BCUT2D eigenvalue weighted by Crippen LogP contribution is 2.23. The van der Waals surface area contributed by atoms with Crippen LogP contribution in [0.5, 0.6) is 0 Å². The lowest BCUT2D eigenvalue weighted by Gasteiger charge is -1.92. The van der Waals surface area contributed by atoms with Gasteiger partial charge in [0.1, 0.15) is 11.3 Å². The highest BCUT2D eigenvalue weighted by Gasteiger charge is 2.09. The molecular formula is C8H5Br2FN2. The van der Waals surface area contributed by atoms with Crippen LogP contribution in [-0.2, 0) is 5.33 Å². The highest BCUT2D eigenvalue weighted by atomic mass is 79.9. The second-order valence-corrected chi connectivity index (χ2v) is 3.99. The van der Waals surface area contributed by atoms with E-state index in [2.05, 4.69) is 41.8 Å². The number of imidazole rings is 1. The number of hydrogen-bond donors (Lipinski definition) is 1. The van der Waals surface area contributed by atoms with Gasteiger partial charge in [-0.15, -0.1) is 0 Å². The molecule has 0 aliphatic heterocycles. The van der Waals surface area contributed by atoms with Crippen molar-refractivity contribution >= 4 is 42.9 Å². The van der Waals surface area contributed by atoms with Crippen LogP contribution >= 0.6 is 31.9 Å². The van der Waals surface area contributed by atoms with E-state index in [9.17, 15) is 4.39 Å². The van der Waals surface area contributed by atoms with Crippen LogP contribution in [0.15, 0.2) is 16.6 Å². The summed E-state index contributed by atoms with van der Waals surface area (Å²) in [5.41, 5.74) is 1.10. The fraction of sp³-hybridized carbons (Fsp3) is 0.125. The maximum absolute atomic E-state index is 13.4. The van der Waals surface area contributed by atoms with Crippen LogP contribution in [0.1, 0.15) is 5.82 Å². The minimum atomic E-state index is -0.319. The molecule has 0 spiro atoms. The molecule has 0 fully saturated rings. The Labute approximate surface area is 90.8 Å². The number of halogens is 3. The van der Waals surface area contributed by atoms with Crippen molar-refractivity contribution < 1.29 is 4.39 Å². The molecule has 1 heterocycles. The van der Waals surface area contributed by atoms with Gasteiger partial charge in [-0.3, -0.25) is 0 Å². The highest BCUT2D eigenvalue weighted by molar-refractivity contribution is 9.10. The summed E-state index contributed by atoms with van der Waals surface area (Å²) >= 11 is 6.36. The standard InChI is InChI=1S/C8H5Br2FN2/c9-3-6-12-5-2-1-4(10)7(11)8(5)13-6/h1-2H,3H2,(H,12,13). The average Bonchev–Trinajstić information content (AvgIpc) is 2.55. The van der Waals surface area contributed by atoms with Crippen LogP contribution in [0.3, 0.4) is 0 Å². The number of nitrogens with zero attached hydrogens (tertiary/aromatic N) is 1. The number of alkyl halides is 1. The van der Waals surface area contributed by atoms with Gasteiger partial charge >= 0.3 is 0 Å². The molecule has 0 aliphatic rings. The lowest BCUT2D eigenvalue weighted by atomic mass is 10.3. The first-order valence-corrected chi connectivity index (χ1v) is 5.52. The van der Waals surface area contributed by atoms with Crippen LogP contribution in [0.25, 0.3) is 11.0 Å². The van der Waals surface area contributed by atoms with Crippen molar-refractivity contribution in [2.45, 2.75) is 5.33 Å². The van der Waals surface area contributed by atoms with Gasteiger partial charge in [0.25, 0.3) is 0 Å². The summed E-state index contributed by atoms with van der Waals surface area (Å²) < 4.78 is 13.8. The predicted molar refractivity (Wildman–Crippen MR) is 56.4 cm³/mol. The quantitative estimate of drug-likeness (QED) is 0.804. The molecule has 0 unspecified atom stereocenters. The van der Waals surface area contributed by atoms with Gasteiger partial charge in [0.2, 0.25) is 0 Å². The Balaban J connectivity index is 2.76. The number of rotatable bonds is 1. The maximum Gasteiger partial charge on any atom is 0.165 e. The maximum atomic E-state index is 13.4. The molecule has 2 aromatic rings. The predicted octanol–water partition coefficient (Wildman–Crippen LogP) is 3.36. The number of fused-ring (bicyclic) bond motifs is 1. The molecule has 0 saturated heterocycles. The van der Waals surface area contributed by atoms with E-state index in [1.165, 1.54) is 0 Å². The first kappa shape index (κ1) is 9.15. The van der Waals surface area contributed by atoms with Crippen LogP contribution < -0.4 is 0 Å². The van der Waals surface area contributed by atoms with Gasteiger partial charge in [-0.2, -0.15) is 0 Å². The van der Waals surface area contributed by atoms with Gasteiger partial charge in [-0.05, 0) is 28.1 Å². The summed E-state index contributed by atoms with van der Waals surface area (Å²) in [4.78, 5) is 7.08. The van der Waals surface area contributed by atoms with E-state index in [-0.39, 0.29) is 5.82 Å². The Kier molecular flexibility index (Phi) is 2.38. The van der Waals surface area contributed by atoms with E-state index < -0.39 is 0 Å². The van der Waals surface area contributed by atoms with Crippen LogP contribution in [0.2, 0.25) is 0 Å². The summed E-state index contributed by atoms with van der Waals surface area (Å²) in [6.45, 7) is 0. The largest absolute Gasteiger partial charge is 0.341 e. The Hall–Kier alpha value is -0.420. The first-order valence-electron chi connectivity index (χ1n) is 3.61. The zero-order valence-electron chi connectivity index (χ0n) is 6.44. The SMILES string of the molecule is Fc1c(Br)ccc2[nH]c(CBr)nc12. The van der Waals surface area contributed by atoms with Gasteiger partial charge in [-0.1, -0.05) is 15.9 Å². The summed E-state index contributed by atoms with van der Waals surface area (Å²) in [7, 11) is 0. The van der Waals surface area contributed by atoms with Crippen molar-refractivity contribution in [2.75, 3.05) is 0 Å². The zero-order chi connectivity index (χ0) is 9.42. The number of aromatic nitrogens is 2. The summed E-state index contributed by atoms with van der Waals surface area (Å²) in [5.74, 6) is 0.410. The Morgan fingerprint density at radius 2 is 2.23 bits per heavy atom. The van der Waals surface area contributed by atoms with E-state index >= 15 is 0 Å². The van der Waals surface area contributed by atoms with Crippen molar-refractivity contribution in [3.63, 3.8) is 0 Å². The van der Waals surface area contributed by atoms with E-state index in [4.69, 9.17) is 0 Å². The number of benzene rings is 1. The summed E-state index contributed by atoms with van der Waals surface area (Å²) in [6.07, 6.45) is 0.